The molecule has 0 aromatic heterocycles. The Morgan fingerprint density at radius 2 is 1.96 bits per heavy atom. The highest BCUT2D eigenvalue weighted by atomic mass is 32.3. The molecular formula is C14H19NO9S. The lowest BCUT2D eigenvalue weighted by Crippen LogP contribution is -2.66. The van der Waals surface area contributed by atoms with Gasteiger partial charge in [-0.05, 0) is 12.1 Å². The van der Waals surface area contributed by atoms with Crippen LogP contribution < -0.4 is 10.1 Å². The number of carbonyl (C=O) groups is 1. The van der Waals surface area contributed by atoms with E-state index in [4.69, 9.17) is 14.0 Å². The van der Waals surface area contributed by atoms with E-state index in [1.165, 1.54) is 6.92 Å². The number of nitrogens with one attached hydrogen (secondary N) is 1. The highest BCUT2D eigenvalue weighted by Crippen LogP contribution is 2.27. The summed E-state index contributed by atoms with van der Waals surface area (Å²) in [6, 6.07) is 7.13. The predicted molar refractivity (Wildman–Crippen MR) is 82.8 cm³/mol. The number of hydrogen-bond acceptors (Lipinski definition) is 8. The van der Waals surface area contributed by atoms with Crippen LogP contribution >= 0.6 is 0 Å². The summed E-state index contributed by atoms with van der Waals surface area (Å²) in [4.78, 5) is 11.4. The largest absolute Gasteiger partial charge is 0.463 e. The highest BCUT2D eigenvalue weighted by Gasteiger charge is 2.49. The van der Waals surface area contributed by atoms with Crippen LogP contribution in [-0.4, -0.2) is 66.3 Å². The maximum absolute atomic E-state index is 11.4. The molecule has 1 saturated heterocycles. The number of carbonyl (C=O) groups excluding carboxylic acids is 1. The van der Waals surface area contributed by atoms with Crippen molar-refractivity contribution in [2.24, 2.45) is 0 Å². The molecule has 11 heteroatoms. The second kappa shape index (κ2) is 8.08. The average Bonchev–Trinajstić information content (AvgIpc) is 2.53. The predicted octanol–water partition coefficient (Wildman–Crippen LogP) is -1.16. The van der Waals surface area contributed by atoms with Crippen LogP contribution in [-0.2, 0) is 24.1 Å². The van der Waals surface area contributed by atoms with Crippen molar-refractivity contribution in [2.45, 2.75) is 37.6 Å². The highest BCUT2D eigenvalue weighted by molar-refractivity contribution is 7.80. The first-order chi connectivity index (χ1) is 11.7. The quantitative estimate of drug-likeness (QED) is 0.450. The van der Waals surface area contributed by atoms with Crippen molar-refractivity contribution in [2.75, 3.05) is 6.61 Å². The van der Waals surface area contributed by atoms with E-state index in [-0.39, 0.29) is 0 Å². The Morgan fingerprint density at radius 1 is 1.32 bits per heavy atom. The molecule has 1 aliphatic rings. The zero-order valence-corrected chi connectivity index (χ0v) is 14.0. The van der Waals surface area contributed by atoms with Gasteiger partial charge in [0.2, 0.25) is 12.2 Å². The summed E-state index contributed by atoms with van der Waals surface area (Å²) >= 11 is 0. The van der Waals surface area contributed by atoms with E-state index in [1.807, 2.05) is 0 Å². The van der Waals surface area contributed by atoms with Crippen LogP contribution in [0.3, 0.4) is 0 Å². The van der Waals surface area contributed by atoms with Crippen molar-refractivity contribution >= 4 is 16.3 Å². The monoisotopic (exact) mass is 377 g/mol. The van der Waals surface area contributed by atoms with E-state index in [2.05, 4.69) is 9.50 Å². The molecule has 140 valence electrons. The molecule has 1 aliphatic heterocycles. The summed E-state index contributed by atoms with van der Waals surface area (Å²) < 4.78 is 46.2. The minimum absolute atomic E-state index is 0.362. The summed E-state index contributed by atoms with van der Waals surface area (Å²) in [6.45, 7) is 0.460. The lowest BCUT2D eigenvalue weighted by Gasteiger charge is -2.43. The lowest BCUT2D eigenvalue weighted by atomic mass is 9.97. The van der Waals surface area contributed by atoms with Gasteiger partial charge in [0.25, 0.3) is 0 Å². The van der Waals surface area contributed by atoms with Gasteiger partial charge in [0.15, 0.2) is 0 Å². The van der Waals surface area contributed by atoms with Gasteiger partial charge >= 0.3 is 10.4 Å². The van der Waals surface area contributed by atoms with Gasteiger partial charge in [-0.1, -0.05) is 18.2 Å². The Bertz CT molecular complexity index is 681. The van der Waals surface area contributed by atoms with Gasteiger partial charge in [-0.2, -0.15) is 8.42 Å². The maximum Gasteiger partial charge on any atom is 0.397 e. The fourth-order valence-corrected chi connectivity index (χ4v) is 2.97. The van der Waals surface area contributed by atoms with Gasteiger partial charge in [-0.3, -0.25) is 9.35 Å². The van der Waals surface area contributed by atoms with E-state index < -0.39 is 53.6 Å². The zero-order valence-electron chi connectivity index (χ0n) is 13.2. The van der Waals surface area contributed by atoms with Crippen LogP contribution in [0.25, 0.3) is 0 Å². The van der Waals surface area contributed by atoms with E-state index in [9.17, 15) is 23.4 Å². The molecule has 0 bridgehead atoms. The smallest absolute Gasteiger partial charge is 0.397 e. The standard InChI is InChI=1S/C14H19NO9S/c1-8(17)15-11-12(18)13(24-25(19,20)21)10(7-16)23-14(11)22-9-5-3-2-4-6-9/h2-6,10-14,16,18H,7H2,1H3,(H,15,17)(H,19,20,21)/t10?,11-,12?,13-,14+/m0/s1. The number of para-hydroxylation sites is 1. The van der Waals surface area contributed by atoms with Gasteiger partial charge in [-0.15, -0.1) is 0 Å². The average molecular weight is 377 g/mol. The van der Waals surface area contributed by atoms with Crippen molar-refractivity contribution in [3.8, 4) is 5.75 Å². The summed E-state index contributed by atoms with van der Waals surface area (Å²) in [5.41, 5.74) is 0. The number of aliphatic hydroxyl groups is 2. The van der Waals surface area contributed by atoms with Crippen LogP contribution in [0.1, 0.15) is 6.92 Å². The second-order valence-corrected chi connectivity index (χ2v) is 6.41. The molecule has 25 heavy (non-hydrogen) atoms. The lowest BCUT2D eigenvalue weighted by molar-refractivity contribution is -0.239. The molecule has 1 aromatic carbocycles. The van der Waals surface area contributed by atoms with E-state index in [1.54, 1.807) is 30.3 Å². The van der Waals surface area contributed by atoms with Gasteiger partial charge in [0.05, 0.1) is 6.61 Å². The fourth-order valence-electron chi connectivity index (χ4n) is 2.45. The third-order valence-corrected chi connectivity index (χ3v) is 3.92. The van der Waals surface area contributed by atoms with Gasteiger partial charge in [0.1, 0.15) is 30.1 Å². The molecule has 0 spiro atoms. The number of benzene rings is 1. The molecule has 2 unspecified atom stereocenters. The SMILES string of the molecule is CC(=O)N[C@H]1C(O)[C@@H](OS(=O)(=O)O)C(CO)O[C@H]1Oc1ccccc1. The van der Waals surface area contributed by atoms with E-state index in [0.29, 0.717) is 5.75 Å². The molecule has 2 rings (SSSR count). The van der Waals surface area contributed by atoms with Gasteiger partial charge < -0.3 is 25.0 Å². The molecule has 1 heterocycles. The van der Waals surface area contributed by atoms with Crippen molar-refractivity contribution < 1.29 is 41.6 Å². The number of amides is 1. The third-order valence-electron chi connectivity index (χ3n) is 3.45. The topological polar surface area (TPSA) is 152 Å². The second-order valence-electron chi connectivity index (χ2n) is 5.36. The first-order valence-corrected chi connectivity index (χ1v) is 8.66. The molecule has 1 fully saturated rings. The Hall–Kier alpha value is -1.76. The molecule has 0 saturated carbocycles. The molecule has 1 aromatic rings. The Morgan fingerprint density at radius 3 is 2.48 bits per heavy atom. The first kappa shape index (κ1) is 19.6. The fraction of sp³-hybridized carbons (Fsp3) is 0.500. The number of hydrogen-bond donors (Lipinski definition) is 4. The van der Waals surface area contributed by atoms with Crippen molar-refractivity contribution in [1.29, 1.82) is 0 Å². The Kier molecular flexibility index (Phi) is 6.32. The van der Waals surface area contributed by atoms with Crippen molar-refractivity contribution in [3.05, 3.63) is 30.3 Å². The summed E-state index contributed by atoms with van der Waals surface area (Å²) in [5.74, 6) is -0.178. The summed E-state index contributed by atoms with van der Waals surface area (Å²) in [6.07, 6.45) is -5.85. The van der Waals surface area contributed by atoms with Gasteiger partial charge in [-0.25, -0.2) is 4.18 Å². The minimum Gasteiger partial charge on any atom is -0.463 e. The number of aliphatic hydroxyl groups excluding tert-OH is 2. The molecule has 1 amide bonds. The van der Waals surface area contributed by atoms with Crippen LogP contribution in [0.2, 0.25) is 0 Å². The number of ether oxygens (including phenoxy) is 2. The van der Waals surface area contributed by atoms with Crippen LogP contribution in [0.5, 0.6) is 5.75 Å². The molecule has 0 aliphatic carbocycles. The summed E-state index contributed by atoms with van der Waals surface area (Å²) in [7, 11) is -4.93. The van der Waals surface area contributed by atoms with Crippen molar-refractivity contribution in [3.63, 3.8) is 0 Å². The van der Waals surface area contributed by atoms with Crippen LogP contribution in [0, 0.1) is 0 Å². The van der Waals surface area contributed by atoms with Crippen molar-refractivity contribution in [1.82, 2.24) is 5.32 Å². The van der Waals surface area contributed by atoms with Crippen LogP contribution in [0.15, 0.2) is 30.3 Å². The molecule has 4 N–H and O–H groups in total. The van der Waals surface area contributed by atoms with E-state index in [0.717, 1.165) is 0 Å². The normalized spacial score (nSPS) is 29.8. The summed E-state index contributed by atoms with van der Waals surface area (Å²) in [5, 5.41) is 22.2. The Balaban J connectivity index is 2.27. The molecule has 5 atom stereocenters. The minimum atomic E-state index is -4.93. The molecular weight excluding hydrogens is 358 g/mol. The third kappa shape index (κ3) is 5.36. The maximum atomic E-state index is 11.4. The first-order valence-electron chi connectivity index (χ1n) is 7.30. The zero-order chi connectivity index (χ0) is 18.6. The molecule has 0 radical (unpaired) electrons. The van der Waals surface area contributed by atoms with Crippen LogP contribution in [0.4, 0.5) is 0 Å². The van der Waals surface area contributed by atoms with Gasteiger partial charge in [0, 0.05) is 6.92 Å². The number of rotatable bonds is 6. The van der Waals surface area contributed by atoms with E-state index >= 15 is 0 Å². The molecule has 10 nitrogen and oxygen atoms in total. The Labute approximate surface area is 144 Å².